The number of benzene rings is 1. The Kier molecular flexibility index (Phi) is 4.47. The van der Waals surface area contributed by atoms with E-state index in [2.05, 4.69) is 20.1 Å². The Balaban J connectivity index is 1.29. The predicted octanol–water partition coefficient (Wildman–Crippen LogP) is 2.81. The maximum absolute atomic E-state index is 12.6. The molecule has 4 aromatic rings. The first-order valence-corrected chi connectivity index (χ1v) is 9.54. The first-order chi connectivity index (χ1) is 14.7. The fraction of sp³-hybridized carbons (Fsp3) is 0.190. The van der Waals surface area contributed by atoms with Gasteiger partial charge in [0.25, 0.3) is 5.91 Å². The van der Waals surface area contributed by atoms with E-state index in [0.717, 1.165) is 6.42 Å². The third kappa shape index (κ3) is 3.41. The zero-order valence-corrected chi connectivity index (χ0v) is 15.9. The molecule has 9 heteroatoms. The Hall–Kier alpha value is -4.01. The van der Waals surface area contributed by atoms with Crippen LogP contribution >= 0.6 is 0 Å². The Labute approximate surface area is 171 Å². The maximum Gasteiger partial charge on any atom is 0.326 e. The van der Waals surface area contributed by atoms with Crippen molar-refractivity contribution in [3.63, 3.8) is 0 Å². The average molecular weight is 402 g/mol. The number of nitrogens with zero attached hydrogens (tertiary/aromatic N) is 6. The van der Waals surface area contributed by atoms with Crippen LogP contribution in [0.2, 0.25) is 0 Å². The lowest BCUT2D eigenvalue weighted by Crippen LogP contribution is -2.29. The highest BCUT2D eigenvalue weighted by atomic mass is 16.5. The van der Waals surface area contributed by atoms with Gasteiger partial charge in [-0.2, -0.15) is 15.1 Å². The van der Waals surface area contributed by atoms with E-state index in [9.17, 15) is 9.90 Å². The first kappa shape index (κ1) is 18.0. The Morgan fingerprint density at radius 3 is 2.87 bits per heavy atom. The molecule has 0 bridgehead atoms. The highest BCUT2D eigenvalue weighted by Gasteiger charge is 2.28. The average Bonchev–Trinajstić information content (AvgIpc) is 3.44. The number of fused-ring (bicyclic) bond motifs is 1. The highest BCUT2D eigenvalue weighted by Crippen LogP contribution is 2.28. The van der Waals surface area contributed by atoms with E-state index in [0.29, 0.717) is 35.3 Å². The lowest BCUT2D eigenvalue weighted by molar-refractivity contribution is 0.0787. The van der Waals surface area contributed by atoms with E-state index in [1.165, 1.54) is 6.20 Å². The summed E-state index contributed by atoms with van der Waals surface area (Å²) in [6.07, 6.45) is 7.20. The Morgan fingerprint density at radius 1 is 1.13 bits per heavy atom. The summed E-state index contributed by atoms with van der Waals surface area (Å²) in [6.45, 7) is 1.25. The number of amides is 1. The molecule has 1 N–H and O–H groups in total. The summed E-state index contributed by atoms with van der Waals surface area (Å²) in [4.78, 5) is 26.7. The van der Waals surface area contributed by atoms with Gasteiger partial charge in [0, 0.05) is 24.8 Å². The number of rotatable bonds is 4. The molecular formula is C21H18N6O3. The van der Waals surface area contributed by atoms with Gasteiger partial charge in [0.1, 0.15) is 0 Å². The fourth-order valence-corrected chi connectivity index (χ4v) is 3.57. The van der Waals surface area contributed by atoms with E-state index >= 15 is 0 Å². The fourth-order valence-electron chi connectivity index (χ4n) is 3.57. The largest absolute Gasteiger partial charge is 0.493 e. The number of hydrogen-bond acceptors (Lipinski definition) is 7. The molecule has 0 aliphatic carbocycles. The van der Waals surface area contributed by atoms with Gasteiger partial charge < -0.3 is 14.7 Å². The zero-order chi connectivity index (χ0) is 20.5. The van der Waals surface area contributed by atoms with Crippen LogP contribution in [0.3, 0.4) is 0 Å². The van der Waals surface area contributed by atoms with Gasteiger partial charge in [0.2, 0.25) is 5.88 Å². The zero-order valence-electron chi connectivity index (χ0n) is 15.9. The topological polar surface area (TPSA) is 106 Å². The second kappa shape index (κ2) is 7.43. The van der Waals surface area contributed by atoms with Crippen molar-refractivity contribution in [2.24, 2.45) is 0 Å². The highest BCUT2D eigenvalue weighted by molar-refractivity contribution is 5.94. The molecule has 1 atom stereocenters. The number of likely N-dealkylation sites (tertiary alicyclic amines) is 1. The van der Waals surface area contributed by atoms with E-state index in [4.69, 9.17) is 4.74 Å². The summed E-state index contributed by atoms with van der Waals surface area (Å²) in [6, 6.07) is 11.0. The van der Waals surface area contributed by atoms with Gasteiger partial charge in [0.15, 0.2) is 5.75 Å². The monoisotopic (exact) mass is 402 g/mol. The molecule has 1 amide bonds. The first-order valence-electron chi connectivity index (χ1n) is 9.54. The molecule has 1 aliphatic rings. The third-order valence-electron chi connectivity index (χ3n) is 5.09. The van der Waals surface area contributed by atoms with Crippen molar-refractivity contribution in [3.8, 4) is 17.6 Å². The number of pyridine rings is 1. The summed E-state index contributed by atoms with van der Waals surface area (Å²) < 4.78 is 7.47. The van der Waals surface area contributed by atoms with E-state index in [1.807, 2.05) is 35.2 Å². The second-order valence-corrected chi connectivity index (χ2v) is 7.04. The van der Waals surface area contributed by atoms with Crippen LogP contribution in [0.15, 0.2) is 61.2 Å². The third-order valence-corrected chi connectivity index (χ3v) is 5.09. The smallest absolute Gasteiger partial charge is 0.326 e. The predicted molar refractivity (Wildman–Crippen MR) is 107 cm³/mol. The van der Waals surface area contributed by atoms with Crippen molar-refractivity contribution in [3.05, 3.63) is 66.7 Å². The number of aromatic nitrogens is 5. The van der Waals surface area contributed by atoms with Crippen LogP contribution in [-0.4, -0.2) is 53.7 Å². The molecule has 9 nitrogen and oxygen atoms in total. The van der Waals surface area contributed by atoms with Crippen molar-refractivity contribution >= 4 is 16.8 Å². The quantitative estimate of drug-likeness (QED) is 0.559. The molecule has 0 saturated carbocycles. The van der Waals surface area contributed by atoms with Gasteiger partial charge in [-0.25, -0.2) is 0 Å². The van der Waals surface area contributed by atoms with Gasteiger partial charge in [-0.3, -0.25) is 14.5 Å². The molecule has 1 fully saturated rings. The molecule has 1 aromatic carbocycles. The van der Waals surface area contributed by atoms with E-state index < -0.39 is 0 Å². The molecule has 3 aromatic heterocycles. The maximum atomic E-state index is 12.6. The van der Waals surface area contributed by atoms with Crippen LogP contribution < -0.4 is 4.74 Å². The minimum atomic E-state index is -0.171. The number of ether oxygens (including phenoxy) is 1. The summed E-state index contributed by atoms with van der Waals surface area (Å²) in [5.41, 5.74) is 1.17. The lowest BCUT2D eigenvalue weighted by Gasteiger charge is -2.16. The number of carbonyl (C=O) groups excluding carboxylic acids is 1. The standard InChI is InChI=1S/C21H18N6O3/c28-19-17-6-8-22-11-18(17)24-21(25-19)30-16-10-23-27(13-16)15-7-9-26(12-15)20(29)14-4-2-1-3-5-14/h1-6,8,10-11,13,15H,7,9,12H2,(H,24,25,28)/t15-/m0/s1. The summed E-state index contributed by atoms with van der Waals surface area (Å²) in [7, 11) is 0. The normalized spacial score (nSPS) is 16.1. The van der Waals surface area contributed by atoms with Crippen molar-refractivity contribution in [1.82, 2.24) is 29.6 Å². The van der Waals surface area contributed by atoms with Gasteiger partial charge >= 0.3 is 6.01 Å². The van der Waals surface area contributed by atoms with Crippen molar-refractivity contribution in [1.29, 1.82) is 0 Å². The van der Waals surface area contributed by atoms with Crippen LogP contribution in [0.4, 0.5) is 0 Å². The molecule has 1 aliphatic heterocycles. The van der Waals surface area contributed by atoms with Crippen LogP contribution in [0, 0.1) is 0 Å². The molecule has 0 spiro atoms. The van der Waals surface area contributed by atoms with Gasteiger partial charge in [-0.05, 0) is 24.6 Å². The molecular weight excluding hydrogens is 384 g/mol. The summed E-state index contributed by atoms with van der Waals surface area (Å²) in [5.74, 6) is 0.302. The van der Waals surface area contributed by atoms with Crippen LogP contribution in [0.25, 0.3) is 10.9 Å². The molecule has 30 heavy (non-hydrogen) atoms. The molecule has 1 saturated heterocycles. The van der Waals surface area contributed by atoms with Crippen LogP contribution in [0.5, 0.6) is 17.6 Å². The van der Waals surface area contributed by atoms with Crippen molar-refractivity contribution in [2.45, 2.75) is 12.5 Å². The van der Waals surface area contributed by atoms with Gasteiger partial charge in [-0.15, -0.1) is 0 Å². The number of aromatic hydroxyl groups is 1. The van der Waals surface area contributed by atoms with Crippen molar-refractivity contribution in [2.75, 3.05) is 13.1 Å². The lowest BCUT2D eigenvalue weighted by atomic mass is 10.2. The van der Waals surface area contributed by atoms with E-state index in [1.54, 1.807) is 29.3 Å². The Morgan fingerprint density at radius 2 is 2.00 bits per heavy atom. The minimum Gasteiger partial charge on any atom is -0.493 e. The molecule has 150 valence electrons. The molecule has 0 radical (unpaired) electrons. The molecule has 0 unspecified atom stereocenters. The molecule has 5 rings (SSSR count). The minimum absolute atomic E-state index is 0.0138. The van der Waals surface area contributed by atoms with E-state index in [-0.39, 0.29) is 23.8 Å². The second-order valence-electron chi connectivity index (χ2n) is 7.04. The van der Waals surface area contributed by atoms with Crippen molar-refractivity contribution < 1.29 is 14.6 Å². The Bertz CT molecular complexity index is 1210. The van der Waals surface area contributed by atoms with Gasteiger partial charge in [0.05, 0.1) is 35.5 Å². The van der Waals surface area contributed by atoms with Crippen LogP contribution in [0.1, 0.15) is 22.8 Å². The van der Waals surface area contributed by atoms with Gasteiger partial charge in [-0.1, -0.05) is 18.2 Å². The van der Waals surface area contributed by atoms with Crippen LogP contribution in [-0.2, 0) is 0 Å². The molecule has 4 heterocycles. The summed E-state index contributed by atoms with van der Waals surface area (Å²) in [5, 5.41) is 14.9. The number of hydrogen-bond donors (Lipinski definition) is 1. The SMILES string of the molecule is O=C(c1ccccc1)N1CC[C@H](n2cc(Oc3nc(O)c4ccncc4n3)cn2)C1. The summed E-state index contributed by atoms with van der Waals surface area (Å²) >= 11 is 0. The number of carbonyl (C=O) groups is 1.